The molecule has 1 aromatic rings. The molecule has 1 aliphatic rings. The molecule has 4 heteroatoms. The highest BCUT2D eigenvalue weighted by atomic mass is 16.5. The third kappa shape index (κ3) is 4.46. The van der Waals surface area contributed by atoms with E-state index in [1.165, 1.54) is 0 Å². The first-order valence-corrected chi connectivity index (χ1v) is 7.62. The monoisotopic (exact) mass is 291 g/mol. The number of likely N-dealkylation sites (tertiary alicyclic amines) is 1. The van der Waals surface area contributed by atoms with Gasteiger partial charge in [-0.05, 0) is 50.5 Å². The van der Waals surface area contributed by atoms with Crippen LogP contribution in [0.25, 0.3) is 0 Å². The van der Waals surface area contributed by atoms with Crippen LogP contribution >= 0.6 is 0 Å². The van der Waals surface area contributed by atoms with E-state index >= 15 is 0 Å². The second kappa shape index (κ2) is 6.94. The van der Waals surface area contributed by atoms with Crippen molar-refractivity contribution in [1.82, 2.24) is 4.90 Å². The first kappa shape index (κ1) is 15.8. The molecule has 0 bridgehead atoms. The number of hydrogen-bond donors (Lipinski definition) is 1. The van der Waals surface area contributed by atoms with E-state index in [0.29, 0.717) is 19.6 Å². The lowest BCUT2D eigenvalue weighted by atomic mass is 10.0. The number of ether oxygens (including phenoxy) is 1. The topological polar surface area (TPSA) is 49.8 Å². The fourth-order valence-corrected chi connectivity index (χ4v) is 2.84. The molecule has 4 nitrogen and oxygen atoms in total. The Hall–Kier alpha value is -1.55. The first-order chi connectivity index (χ1) is 9.95. The molecule has 1 saturated heterocycles. The summed E-state index contributed by atoms with van der Waals surface area (Å²) >= 11 is 0. The van der Waals surface area contributed by atoms with Crippen molar-refractivity contribution in [3.8, 4) is 5.75 Å². The molecule has 2 rings (SSSR count). The smallest absolute Gasteiger partial charge is 0.226 e. The number of aliphatic hydroxyl groups excluding tert-OH is 1. The summed E-state index contributed by atoms with van der Waals surface area (Å²) in [5.74, 6) is 1.15. The van der Waals surface area contributed by atoms with Crippen molar-refractivity contribution in [3.63, 3.8) is 0 Å². The van der Waals surface area contributed by atoms with E-state index in [4.69, 9.17) is 4.74 Å². The Morgan fingerprint density at radius 1 is 1.38 bits per heavy atom. The van der Waals surface area contributed by atoms with Crippen molar-refractivity contribution in [1.29, 1.82) is 0 Å². The van der Waals surface area contributed by atoms with Crippen LogP contribution in [0.1, 0.15) is 30.9 Å². The quantitative estimate of drug-likeness (QED) is 0.905. The molecule has 0 aliphatic carbocycles. The maximum absolute atomic E-state index is 12.1. The number of aryl methyl sites for hydroxylation is 2. The number of hydrogen-bond acceptors (Lipinski definition) is 3. The van der Waals surface area contributed by atoms with Crippen LogP contribution in [0.3, 0.4) is 0 Å². The molecule has 1 heterocycles. The van der Waals surface area contributed by atoms with Crippen LogP contribution in [0.2, 0.25) is 0 Å². The predicted octanol–water partition coefficient (Wildman–Crippen LogP) is 2.30. The van der Waals surface area contributed by atoms with Crippen molar-refractivity contribution in [3.05, 3.63) is 29.3 Å². The molecule has 0 radical (unpaired) electrons. The summed E-state index contributed by atoms with van der Waals surface area (Å²) in [4.78, 5) is 13.9. The Balaban J connectivity index is 1.77. The SMILES string of the molecule is Cc1cc(C)cc(OCCC(=O)N2CCC(C(C)O)C2)c1. The molecule has 0 saturated carbocycles. The number of amides is 1. The average Bonchev–Trinajstić information content (AvgIpc) is 2.87. The fourth-order valence-electron chi connectivity index (χ4n) is 2.84. The maximum atomic E-state index is 12.1. The van der Waals surface area contributed by atoms with Gasteiger partial charge in [-0.15, -0.1) is 0 Å². The number of nitrogens with zero attached hydrogens (tertiary/aromatic N) is 1. The van der Waals surface area contributed by atoms with Crippen LogP contribution in [0, 0.1) is 19.8 Å². The van der Waals surface area contributed by atoms with Crippen LogP contribution < -0.4 is 4.74 Å². The lowest BCUT2D eigenvalue weighted by Crippen LogP contribution is -2.31. The Bertz CT molecular complexity index is 479. The van der Waals surface area contributed by atoms with Crippen molar-refractivity contribution in [2.24, 2.45) is 5.92 Å². The minimum absolute atomic E-state index is 0.113. The lowest BCUT2D eigenvalue weighted by molar-refractivity contribution is -0.130. The molecule has 1 amide bonds. The van der Waals surface area contributed by atoms with E-state index in [1.807, 2.05) is 30.9 Å². The summed E-state index contributed by atoms with van der Waals surface area (Å²) in [7, 11) is 0. The van der Waals surface area contributed by atoms with Gasteiger partial charge in [-0.3, -0.25) is 4.79 Å². The molecule has 1 aromatic carbocycles. The van der Waals surface area contributed by atoms with E-state index in [2.05, 4.69) is 6.07 Å². The van der Waals surface area contributed by atoms with Crippen molar-refractivity contribution in [2.45, 2.75) is 39.7 Å². The minimum Gasteiger partial charge on any atom is -0.493 e. The van der Waals surface area contributed by atoms with Crippen LogP contribution in [0.5, 0.6) is 5.75 Å². The molecule has 2 atom stereocenters. The summed E-state index contributed by atoms with van der Waals surface area (Å²) < 4.78 is 5.68. The highest BCUT2D eigenvalue weighted by molar-refractivity contribution is 5.76. The molecule has 1 fully saturated rings. The van der Waals surface area contributed by atoms with E-state index in [-0.39, 0.29) is 17.9 Å². The average molecular weight is 291 g/mol. The van der Waals surface area contributed by atoms with Gasteiger partial charge in [-0.25, -0.2) is 0 Å². The summed E-state index contributed by atoms with van der Waals surface area (Å²) in [6.45, 7) is 7.67. The van der Waals surface area contributed by atoms with Crippen molar-refractivity contribution >= 4 is 5.91 Å². The molecule has 1 N–H and O–H groups in total. The summed E-state index contributed by atoms with van der Waals surface area (Å²) in [5, 5.41) is 9.57. The van der Waals surface area contributed by atoms with Gasteiger partial charge in [0.05, 0.1) is 19.1 Å². The zero-order valence-corrected chi connectivity index (χ0v) is 13.1. The number of carbonyl (C=O) groups excluding carboxylic acids is 1. The Morgan fingerprint density at radius 3 is 2.62 bits per heavy atom. The van der Waals surface area contributed by atoms with E-state index in [0.717, 1.165) is 29.8 Å². The van der Waals surface area contributed by atoms with Gasteiger partial charge >= 0.3 is 0 Å². The van der Waals surface area contributed by atoms with Gasteiger partial charge in [-0.1, -0.05) is 6.07 Å². The third-order valence-electron chi connectivity index (χ3n) is 4.04. The predicted molar refractivity (Wildman–Crippen MR) is 82.4 cm³/mol. The van der Waals surface area contributed by atoms with Gasteiger partial charge in [0, 0.05) is 19.0 Å². The third-order valence-corrected chi connectivity index (χ3v) is 4.04. The molecule has 1 aliphatic heterocycles. The van der Waals surface area contributed by atoms with Crippen molar-refractivity contribution < 1.29 is 14.6 Å². The van der Waals surface area contributed by atoms with Gasteiger partial charge in [0.2, 0.25) is 5.91 Å². The lowest BCUT2D eigenvalue weighted by Gasteiger charge is -2.18. The second-order valence-corrected chi connectivity index (χ2v) is 6.05. The van der Waals surface area contributed by atoms with Gasteiger partial charge in [0.1, 0.15) is 5.75 Å². The highest BCUT2D eigenvalue weighted by Gasteiger charge is 2.28. The van der Waals surface area contributed by atoms with Crippen LogP contribution in [0.4, 0.5) is 0 Å². The number of rotatable bonds is 5. The van der Waals surface area contributed by atoms with Gasteiger partial charge in [0.25, 0.3) is 0 Å². The first-order valence-electron chi connectivity index (χ1n) is 7.62. The molecular formula is C17H25NO3. The molecule has 2 unspecified atom stereocenters. The van der Waals surface area contributed by atoms with Crippen LogP contribution in [0.15, 0.2) is 18.2 Å². The Kier molecular flexibility index (Phi) is 5.23. The van der Waals surface area contributed by atoms with Crippen molar-refractivity contribution in [2.75, 3.05) is 19.7 Å². The second-order valence-electron chi connectivity index (χ2n) is 6.05. The summed E-state index contributed by atoms with van der Waals surface area (Å²) in [6.07, 6.45) is 0.940. The van der Waals surface area contributed by atoms with E-state index < -0.39 is 0 Å². The van der Waals surface area contributed by atoms with Crippen LogP contribution in [-0.4, -0.2) is 41.7 Å². The van der Waals surface area contributed by atoms with Gasteiger partial charge in [0.15, 0.2) is 0 Å². The number of carbonyl (C=O) groups is 1. The Morgan fingerprint density at radius 2 is 2.05 bits per heavy atom. The van der Waals surface area contributed by atoms with Crippen LogP contribution in [-0.2, 0) is 4.79 Å². The summed E-state index contributed by atoms with van der Waals surface area (Å²) in [6, 6.07) is 6.06. The Labute approximate surface area is 126 Å². The zero-order valence-electron chi connectivity index (χ0n) is 13.1. The molecular weight excluding hydrogens is 266 g/mol. The van der Waals surface area contributed by atoms with Gasteiger partial charge < -0.3 is 14.7 Å². The van der Waals surface area contributed by atoms with E-state index in [1.54, 1.807) is 6.92 Å². The molecule has 21 heavy (non-hydrogen) atoms. The minimum atomic E-state index is -0.339. The number of benzene rings is 1. The zero-order chi connectivity index (χ0) is 15.4. The molecule has 116 valence electrons. The fraction of sp³-hybridized carbons (Fsp3) is 0.588. The standard InChI is InChI=1S/C17H25NO3/c1-12-8-13(2)10-16(9-12)21-7-5-17(20)18-6-4-15(11-18)14(3)19/h8-10,14-15,19H,4-7,11H2,1-3H3. The van der Waals surface area contributed by atoms with E-state index in [9.17, 15) is 9.90 Å². The number of aliphatic hydroxyl groups is 1. The molecule has 0 spiro atoms. The summed E-state index contributed by atoms with van der Waals surface area (Å²) in [5.41, 5.74) is 2.33. The highest BCUT2D eigenvalue weighted by Crippen LogP contribution is 2.20. The normalized spacial score (nSPS) is 19.6. The molecule has 0 aromatic heterocycles. The maximum Gasteiger partial charge on any atom is 0.226 e. The largest absolute Gasteiger partial charge is 0.493 e. The van der Waals surface area contributed by atoms with Gasteiger partial charge in [-0.2, -0.15) is 0 Å².